The van der Waals surface area contributed by atoms with Crippen LogP contribution in [0.1, 0.15) is 29.9 Å². The highest BCUT2D eigenvalue weighted by atomic mass is 16.5. The van der Waals surface area contributed by atoms with Crippen molar-refractivity contribution in [2.75, 3.05) is 13.2 Å². The molecule has 17 heavy (non-hydrogen) atoms. The van der Waals surface area contributed by atoms with Crippen molar-refractivity contribution in [3.05, 3.63) is 29.6 Å². The number of carboxylic acids is 1. The van der Waals surface area contributed by atoms with E-state index in [4.69, 9.17) is 9.84 Å². The number of hydrogen-bond donors (Lipinski definition) is 2. The highest BCUT2D eigenvalue weighted by Crippen LogP contribution is 2.00. The van der Waals surface area contributed by atoms with Crippen LogP contribution in [0.15, 0.2) is 18.3 Å². The summed E-state index contributed by atoms with van der Waals surface area (Å²) in [6.45, 7) is 6.02. The molecule has 0 aliphatic rings. The van der Waals surface area contributed by atoms with Gasteiger partial charge >= 0.3 is 5.97 Å². The Hall–Kier alpha value is -1.46. The van der Waals surface area contributed by atoms with Gasteiger partial charge in [0.05, 0.1) is 17.4 Å². The summed E-state index contributed by atoms with van der Waals surface area (Å²) in [6, 6.07) is 3.26. The molecule has 0 bridgehead atoms. The molecule has 1 atom stereocenters. The molecule has 0 aliphatic carbocycles. The van der Waals surface area contributed by atoms with Gasteiger partial charge in [-0.1, -0.05) is 0 Å². The fraction of sp³-hybridized carbons (Fsp3) is 0.500. The van der Waals surface area contributed by atoms with Gasteiger partial charge in [0.1, 0.15) is 0 Å². The Morgan fingerprint density at radius 3 is 2.88 bits per heavy atom. The molecule has 5 heteroatoms. The minimum atomic E-state index is -0.957. The summed E-state index contributed by atoms with van der Waals surface area (Å²) in [7, 11) is 0. The van der Waals surface area contributed by atoms with Crippen molar-refractivity contribution < 1.29 is 14.6 Å². The van der Waals surface area contributed by atoms with Crippen LogP contribution < -0.4 is 5.32 Å². The normalized spacial score (nSPS) is 12.4. The molecule has 0 amide bonds. The molecule has 0 radical (unpaired) electrons. The second-order valence-corrected chi connectivity index (χ2v) is 3.74. The summed E-state index contributed by atoms with van der Waals surface area (Å²) < 4.78 is 5.37. The van der Waals surface area contributed by atoms with E-state index in [0.717, 1.165) is 12.2 Å². The quantitative estimate of drug-likeness (QED) is 0.749. The van der Waals surface area contributed by atoms with Crippen LogP contribution in [0.4, 0.5) is 0 Å². The molecule has 1 rings (SSSR count). The number of aromatic carboxylic acids is 1. The SMILES string of the molecule is CCOC(C)CNCc1ccc(C(=O)O)cn1. The number of carboxylic acid groups (broad SMARTS) is 1. The zero-order valence-electron chi connectivity index (χ0n) is 10.1. The minimum Gasteiger partial charge on any atom is -0.478 e. The summed E-state index contributed by atoms with van der Waals surface area (Å²) in [4.78, 5) is 14.7. The molecule has 5 nitrogen and oxygen atoms in total. The molecule has 2 N–H and O–H groups in total. The Morgan fingerprint density at radius 2 is 2.35 bits per heavy atom. The maximum atomic E-state index is 10.6. The lowest BCUT2D eigenvalue weighted by Gasteiger charge is -2.12. The lowest BCUT2D eigenvalue weighted by molar-refractivity contribution is 0.0696. The lowest BCUT2D eigenvalue weighted by Crippen LogP contribution is -2.26. The number of pyridine rings is 1. The third kappa shape index (κ3) is 4.93. The number of nitrogens with one attached hydrogen (secondary N) is 1. The predicted octanol–water partition coefficient (Wildman–Crippen LogP) is 1.29. The third-order valence-corrected chi connectivity index (χ3v) is 2.26. The Labute approximate surface area is 101 Å². The van der Waals surface area contributed by atoms with Gasteiger partial charge in [-0.15, -0.1) is 0 Å². The second-order valence-electron chi connectivity index (χ2n) is 3.74. The second kappa shape index (κ2) is 6.98. The molecule has 0 aromatic carbocycles. The standard InChI is InChI=1S/C12H18N2O3/c1-3-17-9(2)6-13-8-11-5-4-10(7-14-11)12(15)16/h4-5,7,9,13H,3,6,8H2,1-2H3,(H,15,16). The Kier molecular flexibility index (Phi) is 5.59. The van der Waals surface area contributed by atoms with Crippen LogP contribution in [-0.4, -0.2) is 35.3 Å². The lowest BCUT2D eigenvalue weighted by atomic mass is 10.2. The number of aromatic nitrogens is 1. The summed E-state index contributed by atoms with van der Waals surface area (Å²) in [5, 5.41) is 11.9. The van der Waals surface area contributed by atoms with Crippen LogP contribution in [0.5, 0.6) is 0 Å². The maximum Gasteiger partial charge on any atom is 0.337 e. The van der Waals surface area contributed by atoms with Gasteiger partial charge in [-0.3, -0.25) is 4.98 Å². The zero-order chi connectivity index (χ0) is 12.7. The first-order valence-electron chi connectivity index (χ1n) is 5.64. The van der Waals surface area contributed by atoms with Crippen LogP contribution in [0.2, 0.25) is 0 Å². The van der Waals surface area contributed by atoms with Gasteiger partial charge < -0.3 is 15.2 Å². The van der Waals surface area contributed by atoms with E-state index >= 15 is 0 Å². The Bertz CT molecular complexity index is 351. The topological polar surface area (TPSA) is 71.5 Å². The number of ether oxygens (including phenoxy) is 1. The van der Waals surface area contributed by atoms with Gasteiger partial charge in [0.25, 0.3) is 0 Å². The van der Waals surface area contributed by atoms with Crippen LogP contribution in [-0.2, 0) is 11.3 Å². The molecule has 1 aromatic heterocycles. The predicted molar refractivity (Wildman–Crippen MR) is 64.0 cm³/mol. The first kappa shape index (κ1) is 13.6. The maximum absolute atomic E-state index is 10.6. The van der Waals surface area contributed by atoms with Crippen LogP contribution in [0, 0.1) is 0 Å². The number of carbonyl (C=O) groups is 1. The van der Waals surface area contributed by atoms with Crippen LogP contribution in [0.25, 0.3) is 0 Å². The average molecular weight is 238 g/mol. The van der Waals surface area contributed by atoms with Crippen molar-refractivity contribution in [2.45, 2.75) is 26.5 Å². The first-order chi connectivity index (χ1) is 8.13. The van der Waals surface area contributed by atoms with Gasteiger partial charge in [0.15, 0.2) is 0 Å². The molecule has 0 saturated carbocycles. The van der Waals surface area contributed by atoms with Crippen molar-refractivity contribution in [2.24, 2.45) is 0 Å². The average Bonchev–Trinajstić information content (AvgIpc) is 2.30. The van der Waals surface area contributed by atoms with Gasteiger partial charge in [0.2, 0.25) is 0 Å². The van der Waals surface area contributed by atoms with Crippen molar-refractivity contribution in [3.63, 3.8) is 0 Å². The van der Waals surface area contributed by atoms with Gasteiger partial charge in [-0.25, -0.2) is 4.79 Å². The zero-order valence-corrected chi connectivity index (χ0v) is 10.1. The van der Waals surface area contributed by atoms with E-state index in [1.54, 1.807) is 12.1 Å². The van der Waals surface area contributed by atoms with Gasteiger partial charge in [0, 0.05) is 25.9 Å². The summed E-state index contributed by atoms with van der Waals surface area (Å²) in [5.41, 5.74) is 1.02. The van der Waals surface area contributed by atoms with Crippen molar-refractivity contribution >= 4 is 5.97 Å². The van der Waals surface area contributed by atoms with E-state index in [9.17, 15) is 4.79 Å². The largest absolute Gasteiger partial charge is 0.478 e. The van der Waals surface area contributed by atoms with Crippen LogP contribution in [0.3, 0.4) is 0 Å². The van der Waals surface area contributed by atoms with Crippen molar-refractivity contribution in [1.29, 1.82) is 0 Å². The van der Waals surface area contributed by atoms with Gasteiger partial charge in [-0.2, -0.15) is 0 Å². The molecular formula is C12H18N2O3. The summed E-state index contributed by atoms with van der Waals surface area (Å²) >= 11 is 0. The van der Waals surface area contributed by atoms with Crippen LogP contribution >= 0.6 is 0 Å². The first-order valence-corrected chi connectivity index (χ1v) is 5.64. The molecule has 0 spiro atoms. The molecule has 1 unspecified atom stereocenters. The smallest absolute Gasteiger partial charge is 0.337 e. The Morgan fingerprint density at radius 1 is 1.59 bits per heavy atom. The van der Waals surface area contributed by atoms with E-state index in [1.807, 2.05) is 13.8 Å². The molecule has 1 aromatic rings. The highest BCUT2D eigenvalue weighted by molar-refractivity contribution is 5.87. The molecular weight excluding hydrogens is 220 g/mol. The number of nitrogens with zero attached hydrogens (tertiary/aromatic N) is 1. The van der Waals surface area contributed by atoms with E-state index in [-0.39, 0.29) is 11.7 Å². The van der Waals surface area contributed by atoms with E-state index < -0.39 is 5.97 Å². The third-order valence-electron chi connectivity index (χ3n) is 2.26. The fourth-order valence-corrected chi connectivity index (χ4v) is 1.40. The molecule has 0 fully saturated rings. The highest BCUT2D eigenvalue weighted by Gasteiger charge is 2.03. The van der Waals surface area contributed by atoms with Crippen molar-refractivity contribution in [1.82, 2.24) is 10.3 Å². The number of rotatable bonds is 7. The summed E-state index contributed by atoms with van der Waals surface area (Å²) in [5.74, 6) is -0.957. The summed E-state index contributed by atoms with van der Waals surface area (Å²) in [6.07, 6.45) is 1.53. The van der Waals surface area contributed by atoms with E-state index in [2.05, 4.69) is 10.3 Å². The van der Waals surface area contributed by atoms with Gasteiger partial charge in [-0.05, 0) is 26.0 Å². The monoisotopic (exact) mass is 238 g/mol. The van der Waals surface area contributed by atoms with Crippen molar-refractivity contribution in [3.8, 4) is 0 Å². The van der Waals surface area contributed by atoms with E-state index in [0.29, 0.717) is 13.2 Å². The fourth-order valence-electron chi connectivity index (χ4n) is 1.40. The Balaban J connectivity index is 2.34. The number of hydrogen-bond acceptors (Lipinski definition) is 4. The van der Waals surface area contributed by atoms with E-state index in [1.165, 1.54) is 6.20 Å². The minimum absolute atomic E-state index is 0.165. The molecule has 1 heterocycles. The molecule has 0 aliphatic heterocycles. The molecule has 0 saturated heterocycles. The molecule has 94 valence electrons.